The van der Waals surface area contributed by atoms with Crippen molar-refractivity contribution in [1.29, 1.82) is 0 Å². The summed E-state index contributed by atoms with van der Waals surface area (Å²) in [7, 11) is 2.21. The third-order valence-corrected chi connectivity index (χ3v) is 3.72. The molecule has 1 saturated carbocycles. The maximum Gasteiger partial charge on any atom is 0.0662 e. The van der Waals surface area contributed by atoms with Gasteiger partial charge in [0.1, 0.15) is 0 Å². The molecular weight excluding hydrogens is 176 g/mol. The van der Waals surface area contributed by atoms with Crippen LogP contribution in [0.25, 0.3) is 0 Å². The predicted octanol–water partition coefficient (Wildman–Crippen LogP) is 0.836. The Bertz CT molecular complexity index is 186. The van der Waals surface area contributed by atoms with E-state index in [4.69, 9.17) is 10.5 Å². The van der Waals surface area contributed by atoms with Gasteiger partial charge < -0.3 is 10.5 Å². The van der Waals surface area contributed by atoms with Crippen LogP contribution in [0.3, 0.4) is 0 Å². The third-order valence-electron chi connectivity index (χ3n) is 3.72. The Morgan fingerprint density at radius 3 is 2.79 bits per heavy atom. The summed E-state index contributed by atoms with van der Waals surface area (Å²) in [6, 6.07) is 0. The van der Waals surface area contributed by atoms with Gasteiger partial charge in [0.05, 0.1) is 12.1 Å². The van der Waals surface area contributed by atoms with Crippen molar-refractivity contribution in [1.82, 2.24) is 4.90 Å². The lowest BCUT2D eigenvalue weighted by molar-refractivity contribution is -0.0356. The molecule has 1 saturated heterocycles. The molecule has 0 aromatic rings. The van der Waals surface area contributed by atoms with Gasteiger partial charge in [-0.05, 0) is 38.6 Å². The van der Waals surface area contributed by atoms with Crippen LogP contribution in [0.15, 0.2) is 0 Å². The van der Waals surface area contributed by atoms with E-state index in [0.717, 1.165) is 32.1 Å². The molecule has 3 heteroatoms. The zero-order valence-electron chi connectivity index (χ0n) is 9.17. The van der Waals surface area contributed by atoms with E-state index >= 15 is 0 Å². The van der Waals surface area contributed by atoms with Gasteiger partial charge in [-0.2, -0.15) is 0 Å². The largest absolute Gasteiger partial charge is 0.379 e. The van der Waals surface area contributed by atoms with Gasteiger partial charge in [-0.25, -0.2) is 0 Å². The number of hydrogen-bond donors (Lipinski definition) is 1. The number of nitrogens with two attached hydrogens (primary N) is 1. The topological polar surface area (TPSA) is 38.5 Å². The highest BCUT2D eigenvalue weighted by molar-refractivity contribution is 4.94. The van der Waals surface area contributed by atoms with E-state index in [2.05, 4.69) is 11.9 Å². The molecule has 0 aromatic carbocycles. The molecule has 0 bridgehead atoms. The van der Waals surface area contributed by atoms with Crippen LogP contribution in [0, 0.1) is 5.92 Å². The molecule has 82 valence electrons. The molecule has 14 heavy (non-hydrogen) atoms. The average Bonchev–Trinajstić information content (AvgIpc) is 3.02. The maximum absolute atomic E-state index is 5.91. The molecule has 0 spiro atoms. The van der Waals surface area contributed by atoms with Crippen LogP contribution < -0.4 is 5.73 Å². The molecule has 0 aromatic heterocycles. The van der Waals surface area contributed by atoms with Crippen molar-refractivity contribution in [2.24, 2.45) is 11.7 Å². The van der Waals surface area contributed by atoms with E-state index in [-0.39, 0.29) is 5.54 Å². The van der Waals surface area contributed by atoms with Gasteiger partial charge in [0.15, 0.2) is 0 Å². The molecule has 1 atom stereocenters. The molecule has 1 aliphatic carbocycles. The van der Waals surface area contributed by atoms with Crippen molar-refractivity contribution in [2.75, 3.05) is 33.4 Å². The van der Waals surface area contributed by atoms with E-state index in [1.807, 2.05) is 0 Å². The zero-order valence-corrected chi connectivity index (χ0v) is 9.17. The van der Waals surface area contributed by atoms with Crippen molar-refractivity contribution < 1.29 is 4.74 Å². The molecule has 1 aliphatic heterocycles. The summed E-state index contributed by atoms with van der Waals surface area (Å²) in [5, 5.41) is 0. The van der Waals surface area contributed by atoms with E-state index < -0.39 is 0 Å². The quantitative estimate of drug-likeness (QED) is 0.727. The normalized spacial score (nSPS) is 33.6. The first-order valence-electron chi connectivity index (χ1n) is 5.76. The Balaban J connectivity index is 1.93. The summed E-state index contributed by atoms with van der Waals surface area (Å²) in [5.74, 6) is 0.936. The van der Waals surface area contributed by atoms with E-state index in [1.165, 1.54) is 25.8 Å². The monoisotopic (exact) mass is 198 g/mol. The van der Waals surface area contributed by atoms with Gasteiger partial charge in [0, 0.05) is 19.7 Å². The van der Waals surface area contributed by atoms with Crippen LogP contribution in [-0.4, -0.2) is 43.8 Å². The third kappa shape index (κ3) is 2.10. The molecule has 2 aliphatic rings. The van der Waals surface area contributed by atoms with Crippen LogP contribution in [-0.2, 0) is 4.74 Å². The SMILES string of the molecule is CN(CC1CC1)C1(CN)CCCOC1. The summed E-state index contributed by atoms with van der Waals surface area (Å²) in [6.07, 6.45) is 5.18. The van der Waals surface area contributed by atoms with Gasteiger partial charge in [-0.15, -0.1) is 0 Å². The Hall–Kier alpha value is -0.120. The minimum Gasteiger partial charge on any atom is -0.379 e. The second-order valence-corrected chi connectivity index (χ2v) is 4.91. The minimum atomic E-state index is 0.140. The van der Waals surface area contributed by atoms with E-state index in [1.54, 1.807) is 0 Å². The van der Waals surface area contributed by atoms with Crippen molar-refractivity contribution in [2.45, 2.75) is 31.2 Å². The van der Waals surface area contributed by atoms with Crippen LogP contribution in [0.1, 0.15) is 25.7 Å². The minimum absolute atomic E-state index is 0.140. The smallest absolute Gasteiger partial charge is 0.0662 e. The Morgan fingerprint density at radius 2 is 2.29 bits per heavy atom. The molecule has 2 N–H and O–H groups in total. The summed E-state index contributed by atoms with van der Waals surface area (Å²) >= 11 is 0. The molecule has 0 radical (unpaired) electrons. The fourth-order valence-electron chi connectivity index (χ4n) is 2.34. The van der Waals surface area contributed by atoms with Crippen molar-refractivity contribution >= 4 is 0 Å². The molecule has 1 unspecified atom stereocenters. The van der Waals surface area contributed by atoms with Crippen LogP contribution in [0.5, 0.6) is 0 Å². The molecule has 3 nitrogen and oxygen atoms in total. The van der Waals surface area contributed by atoms with Crippen molar-refractivity contribution in [3.63, 3.8) is 0 Å². The van der Waals surface area contributed by atoms with Crippen molar-refractivity contribution in [3.8, 4) is 0 Å². The molecule has 0 amide bonds. The lowest BCUT2D eigenvalue weighted by Crippen LogP contribution is -2.57. The van der Waals surface area contributed by atoms with Crippen LogP contribution >= 0.6 is 0 Å². The number of likely N-dealkylation sites (N-methyl/N-ethyl adjacent to an activating group) is 1. The number of nitrogens with zero attached hydrogens (tertiary/aromatic N) is 1. The summed E-state index contributed by atoms with van der Waals surface area (Å²) < 4.78 is 5.58. The summed E-state index contributed by atoms with van der Waals surface area (Å²) in [5.41, 5.74) is 6.05. The summed E-state index contributed by atoms with van der Waals surface area (Å²) in [4.78, 5) is 2.45. The van der Waals surface area contributed by atoms with Crippen LogP contribution in [0.2, 0.25) is 0 Å². The molecule has 2 rings (SSSR count). The Kier molecular flexibility index (Phi) is 3.10. The zero-order chi connectivity index (χ0) is 10.0. The van der Waals surface area contributed by atoms with Gasteiger partial charge in [-0.3, -0.25) is 4.90 Å². The fraction of sp³-hybridized carbons (Fsp3) is 1.00. The van der Waals surface area contributed by atoms with Gasteiger partial charge in [0.2, 0.25) is 0 Å². The number of rotatable bonds is 4. The highest BCUT2D eigenvalue weighted by Gasteiger charge is 2.37. The number of ether oxygens (including phenoxy) is 1. The molecule has 2 fully saturated rings. The first-order chi connectivity index (χ1) is 6.77. The highest BCUT2D eigenvalue weighted by atomic mass is 16.5. The first kappa shape index (κ1) is 10.4. The van der Waals surface area contributed by atoms with Gasteiger partial charge in [-0.1, -0.05) is 0 Å². The standard InChI is InChI=1S/C11H22N2O/c1-13(7-10-3-4-10)11(8-12)5-2-6-14-9-11/h10H,2-9,12H2,1H3. The van der Waals surface area contributed by atoms with E-state index in [0.29, 0.717) is 0 Å². The highest BCUT2D eigenvalue weighted by Crippen LogP contribution is 2.33. The second kappa shape index (κ2) is 4.17. The maximum atomic E-state index is 5.91. The van der Waals surface area contributed by atoms with Gasteiger partial charge in [0.25, 0.3) is 0 Å². The predicted molar refractivity (Wildman–Crippen MR) is 57.2 cm³/mol. The molecular formula is C11H22N2O. The molecule has 1 heterocycles. The average molecular weight is 198 g/mol. The fourth-order valence-corrected chi connectivity index (χ4v) is 2.34. The van der Waals surface area contributed by atoms with Gasteiger partial charge >= 0.3 is 0 Å². The van der Waals surface area contributed by atoms with E-state index in [9.17, 15) is 0 Å². The Morgan fingerprint density at radius 1 is 1.50 bits per heavy atom. The number of hydrogen-bond acceptors (Lipinski definition) is 3. The summed E-state index contributed by atoms with van der Waals surface area (Å²) in [6.45, 7) is 3.68. The van der Waals surface area contributed by atoms with Crippen LogP contribution in [0.4, 0.5) is 0 Å². The Labute approximate surface area is 86.6 Å². The lowest BCUT2D eigenvalue weighted by Gasteiger charge is -2.43. The lowest BCUT2D eigenvalue weighted by atomic mass is 9.90. The van der Waals surface area contributed by atoms with Crippen molar-refractivity contribution in [3.05, 3.63) is 0 Å². The second-order valence-electron chi connectivity index (χ2n) is 4.91. The first-order valence-corrected chi connectivity index (χ1v) is 5.76.